The molecule has 1 aromatic rings. The van der Waals surface area contributed by atoms with Crippen LogP contribution in [-0.2, 0) is 19.4 Å². The Bertz CT molecular complexity index is 586. The van der Waals surface area contributed by atoms with Gasteiger partial charge in [0, 0.05) is 26.6 Å². The van der Waals surface area contributed by atoms with E-state index in [4.69, 9.17) is 4.74 Å². The zero-order valence-electron chi connectivity index (χ0n) is 11.4. The lowest BCUT2D eigenvalue weighted by atomic mass is 10.1. The first kappa shape index (κ1) is 15.2. The molecular weight excluding hydrogens is 266 g/mol. The molecule has 1 aromatic carbocycles. The molecule has 0 fully saturated rings. The van der Waals surface area contributed by atoms with Crippen molar-refractivity contribution in [3.05, 3.63) is 36.0 Å². The maximum Gasteiger partial charge on any atom is 0.339 e. The third-order valence-electron chi connectivity index (χ3n) is 2.39. The summed E-state index contributed by atoms with van der Waals surface area (Å²) in [7, 11) is 1.63. The highest BCUT2D eigenvalue weighted by atomic mass is 32.2. The summed E-state index contributed by atoms with van der Waals surface area (Å²) < 4.78 is 27.4. The van der Waals surface area contributed by atoms with Gasteiger partial charge in [0.25, 0.3) is 0 Å². The van der Waals surface area contributed by atoms with E-state index in [0.29, 0.717) is 11.1 Å². The van der Waals surface area contributed by atoms with Gasteiger partial charge in [-0.1, -0.05) is 12.1 Å². The Kier molecular flexibility index (Phi) is 4.72. The van der Waals surface area contributed by atoms with E-state index < -0.39 is 15.8 Å². The number of carbonyl (C=O) groups is 1. The molecule has 0 saturated carbocycles. The number of hydrogen-bond acceptors (Lipinski definition) is 5. The van der Waals surface area contributed by atoms with Gasteiger partial charge in [-0.25, -0.2) is 13.2 Å². The van der Waals surface area contributed by atoms with Crippen molar-refractivity contribution in [2.45, 2.75) is 4.90 Å². The number of nitrogens with zero attached hydrogens (tertiary/aromatic N) is 1. The van der Waals surface area contributed by atoms with Crippen molar-refractivity contribution in [2.75, 3.05) is 27.5 Å². The fourth-order valence-corrected chi connectivity index (χ4v) is 2.13. The van der Waals surface area contributed by atoms with E-state index in [1.807, 2.05) is 0 Å². The third-order valence-corrected chi connectivity index (χ3v) is 3.51. The Morgan fingerprint density at radius 3 is 2.11 bits per heavy atom. The summed E-state index contributed by atoms with van der Waals surface area (Å²) in [5, 5.41) is 0. The van der Waals surface area contributed by atoms with Crippen LogP contribution in [0.25, 0.3) is 5.57 Å². The molecule has 0 aliphatic rings. The maximum atomic E-state index is 11.7. The molecule has 0 heterocycles. The van der Waals surface area contributed by atoms with Crippen molar-refractivity contribution in [2.24, 2.45) is 0 Å². The van der Waals surface area contributed by atoms with Gasteiger partial charge >= 0.3 is 5.97 Å². The first-order chi connectivity index (χ1) is 8.75. The summed E-state index contributed by atoms with van der Waals surface area (Å²) >= 11 is 0. The Hall–Kier alpha value is -1.82. The number of sulfone groups is 1. The Morgan fingerprint density at radius 1 is 1.21 bits per heavy atom. The van der Waals surface area contributed by atoms with Crippen LogP contribution in [0.2, 0.25) is 0 Å². The van der Waals surface area contributed by atoms with Crippen molar-refractivity contribution in [3.8, 4) is 0 Å². The average Bonchev–Trinajstić information content (AvgIpc) is 2.34. The van der Waals surface area contributed by atoms with E-state index in [1.165, 1.54) is 19.2 Å². The molecular formula is C13H17NO4S. The van der Waals surface area contributed by atoms with Gasteiger partial charge in [0.1, 0.15) is 0 Å². The van der Waals surface area contributed by atoms with Crippen molar-refractivity contribution in [1.82, 2.24) is 4.90 Å². The maximum absolute atomic E-state index is 11.7. The van der Waals surface area contributed by atoms with Gasteiger partial charge in [-0.2, -0.15) is 0 Å². The predicted molar refractivity (Wildman–Crippen MR) is 73.2 cm³/mol. The highest BCUT2D eigenvalue weighted by Gasteiger charge is 2.14. The van der Waals surface area contributed by atoms with Crippen LogP contribution in [0.3, 0.4) is 0 Å². The molecule has 0 N–H and O–H groups in total. The fraction of sp³-hybridized carbons (Fsp3) is 0.308. The quantitative estimate of drug-likeness (QED) is 0.613. The van der Waals surface area contributed by atoms with Gasteiger partial charge in [0.15, 0.2) is 9.84 Å². The number of esters is 1. The molecule has 0 atom stereocenters. The first-order valence-electron chi connectivity index (χ1n) is 5.52. The second kappa shape index (κ2) is 5.88. The van der Waals surface area contributed by atoms with E-state index >= 15 is 0 Å². The normalized spacial score (nSPS) is 12.1. The standard InChI is InChI=1S/C13H17NO4S/c1-14(2)9-12(13(15)18-3)10-5-7-11(8-6-10)19(4,16)17/h5-9H,1-4H3. The van der Waals surface area contributed by atoms with Crippen LogP contribution in [0.4, 0.5) is 0 Å². The molecule has 1 rings (SSSR count). The Labute approximate surface area is 113 Å². The molecule has 104 valence electrons. The second-order valence-corrected chi connectivity index (χ2v) is 6.31. The molecule has 19 heavy (non-hydrogen) atoms. The van der Waals surface area contributed by atoms with Crippen LogP contribution in [0.5, 0.6) is 0 Å². The number of rotatable bonds is 4. The molecule has 0 bridgehead atoms. The highest BCUT2D eigenvalue weighted by Crippen LogP contribution is 2.19. The molecule has 0 spiro atoms. The summed E-state index contributed by atoms with van der Waals surface area (Å²) in [5.74, 6) is -0.471. The number of methoxy groups -OCH3 is 1. The number of benzene rings is 1. The van der Waals surface area contributed by atoms with Crippen LogP contribution in [0.1, 0.15) is 5.56 Å². The topological polar surface area (TPSA) is 63.7 Å². The average molecular weight is 283 g/mol. The van der Waals surface area contributed by atoms with E-state index in [1.54, 1.807) is 37.3 Å². The first-order valence-corrected chi connectivity index (χ1v) is 7.42. The summed E-state index contributed by atoms with van der Waals surface area (Å²) in [5.41, 5.74) is 0.973. The zero-order valence-corrected chi connectivity index (χ0v) is 12.2. The van der Waals surface area contributed by atoms with Gasteiger partial charge in [0.05, 0.1) is 17.6 Å². The Morgan fingerprint density at radius 2 is 1.74 bits per heavy atom. The molecule has 5 nitrogen and oxygen atoms in total. The molecule has 0 saturated heterocycles. The number of carbonyl (C=O) groups excluding carboxylic acids is 1. The highest BCUT2D eigenvalue weighted by molar-refractivity contribution is 7.90. The van der Waals surface area contributed by atoms with Gasteiger partial charge in [-0.3, -0.25) is 0 Å². The van der Waals surface area contributed by atoms with E-state index in [2.05, 4.69) is 0 Å². The van der Waals surface area contributed by atoms with Crippen LogP contribution in [0, 0.1) is 0 Å². The number of hydrogen-bond donors (Lipinski definition) is 0. The van der Waals surface area contributed by atoms with Crippen LogP contribution in [-0.4, -0.2) is 46.7 Å². The number of ether oxygens (including phenoxy) is 1. The lowest BCUT2D eigenvalue weighted by Crippen LogP contribution is -2.10. The fourth-order valence-electron chi connectivity index (χ4n) is 1.49. The largest absolute Gasteiger partial charge is 0.465 e. The molecule has 0 unspecified atom stereocenters. The minimum Gasteiger partial charge on any atom is -0.465 e. The summed E-state index contributed by atoms with van der Waals surface area (Å²) in [4.78, 5) is 13.6. The van der Waals surface area contributed by atoms with Crippen LogP contribution in [0.15, 0.2) is 35.4 Å². The Balaban J connectivity index is 3.23. The minimum atomic E-state index is -3.24. The summed E-state index contributed by atoms with van der Waals surface area (Å²) in [6.45, 7) is 0. The van der Waals surface area contributed by atoms with Crippen molar-refractivity contribution in [1.29, 1.82) is 0 Å². The smallest absolute Gasteiger partial charge is 0.339 e. The van der Waals surface area contributed by atoms with Crippen molar-refractivity contribution >= 4 is 21.4 Å². The third kappa shape index (κ3) is 4.10. The van der Waals surface area contributed by atoms with Crippen molar-refractivity contribution < 1.29 is 17.9 Å². The SMILES string of the molecule is COC(=O)C(=CN(C)C)c1ccc(S(C)(=O)=O)cc1. The van der Waals surface area contributed by atoms with Crippen LogP contribution < -0.4 is 0 Å². The summed E-state index contributed by atoms with van der Waals surface area (Å²) in [6, 6.07) is 6.11. The van der Waals surface area contributed by atoms with Crippen molar-refractivity contribution in [3.63, 3.8) is 0 Å². The van der Waals surface area contributed by atoms with Gasteiger partial charge in [-0.15, -0.1) is 0 Å². The van der Waals surface area contributed by atoms with E-state index in [0.717, 1.165) is 6.26 Å². The molecule has 0 amide bonds. The molecule has 0 aromatic heterocycles. The lowest BCUT2D eigenvalue weighted by Gasteiger charge is -2.11. The molecule has 0 aliphatic heterocycles. The monoisotopic (exact) mass is 283 g/mol. The zero-order chi connectivity index (χ0) is 14.6. The van der Waals surface area contributed by atoms with E-state index in [9.17, 15) is 13.2 Å². The predicted octanol–water partition coefficient (Wildman–Crippen LogP) is 1.17. The van der Waals surface area contributed by atoms with Crippen LogP contribution >= 0.6 is 0 Å². The van der Waals surface area contributed by atoms with Gasteiger partial charge in [-0.05, 0) is 17.7 Å². The molecule has 0 aliphatic carbocycles. The minimum absolute atomic E-state index is 0.213. The van der Waals surface area contributed by atoms with Gasteiger partial charge in [0.2, 0.25) is 0 Å². The molecule has 0 radical (unpaired) electrons. The van der Waals surface area contributed by atoms with E-state index in [-0.39, 0.29) is 4.90 Å². The summed E-state index contributed by atoms with van der Waals surface area (Å²) in [6.07, 6.45) is 2.76. The van der Waals surface area contributed by atoms with Gasteiger partial charge < -0.3 is 9.64 Å². The molecule has 6 heteroatoms. The lowest BCUT2D eigenvalue weighted by molar-refractivity contribution is -0.133. The second-order valence-electron chi connectivity index (χ2n) is 4.29.